The maximum atomic E-state index is 11.9. The minimum absolute atomic E-state index is 0.0193. The van der Waals surface area contributed by atoms with Gasteiger partial charge in [0.15, 0.2) is 0 Å². The Morgan fingerprint density at radius 1 is 1.35 bits per heavy atom. The van der Waals surface area contributed by atoms with Gasteiger partial charge in [-0.05, 0) is 51.4 Å². The van der Waals surface area contributed by atoms with Crippen LogP contribution in [-0.4, -0.2) is 31.7 Å². The molecule has 2 N–H and O–H groups in total. The zero-order chi connectivity index (χ0) is 14.4. The summed E-state index contributed by atoms with van der Waals surface area (Å²) in [6.07, 6.45) is 2.81. The van der Waals surface area contributed by atoms with E-state index in [0.29, 0.717) is 19.1 Å². The number of nitrogens with one attached hydrogen (secondary N) is 2. The van der Waals surface area contributed by atoms with E-state index in [1.54, 1.807) is 0 Å². The lowest BCUT2D eigenvalue weighted by Crippen LogP contribution is -2.33. The van der Waals surface area contributed by atoms with E-state index < -0.39 is 0 Å². The van der Waals surface area contributed by atoms with E-state index >= 15 is 0 Å². The molecule has 1 saturated heterocycles. The van der Waals surface area contributed by atoms with E-state index in [0.717, 1.165) is 37.2 Å². The molecular weight excluding hydrogens is 252 g/mol. The molecule has 1 aliphatic heterocycles. The highest BCUT2D eigenvalue weighted by Gasteiger charge is 2.13. The first-order chi connectivity index (χ1) is 9.65. The van der Waals surface area contributed by atoms with Gasteiger partial charge in [-0.2, -0.15) is 0 Å². The van der Waals surface area contributed by atoms with Crippen LogP contribution in [0.1, 0.15) is 30.4 Å². The number of ether oxygens (including phenoxy) is 1. The summed E-state index contributed by atoms with van der Waals surface area (Å²) in [5.74, 6) is 0.0193. The van der Waals surface area contributed by atoms with Gasteiger partial charge >= 0.3 is 0 Å². The number of carbonyl (C=O) groups excluding carboxylic acids is 1. The second-order valence-corrected chi connectivity index (χ2v) is 5.44. The lowest BCUT2D eigenvalue weighted by molar-refractivity contribution is -0.117. The van der Waals surface area contributed by atoms with Crippen LogP contribution in [0.15, 0.2) is 18.2 Å². The Labute approximate surface area is 120 Å². The van der Waals surface area contributed by atoms with E-state index in [1.165, 1.54) is 5.56 Å². The molecule has 2 rings (SSSR count). The van der Waals surface area contributed by atoms with Crippen molar-refractivity contribution >= 4 is 11.6 Å². The second kappa shape index (κ2) is 7.41. The van der Waals surface area contributed by atoms with Crippen LogP contribution >= 0.6 is 0 Å². The van der Waals surface area contributed by atoms with Crippen molar-refractivity contribution in [2.24, 2.45) is 0 Å². The summed E-state index contributed by atoms with van der Waals surface area (Å²) in [7, 11) is 0. The fraction of sp³-hybridized carbons (Fsp3) is 0.562. The van der Waals surface area contributed by atoms with Crippen molar-refractivity contribution in [3.63, 3.8) is 0 Å². The van der Waals surface area contributed by atoms with E-state index in [1.807, 2.05) is 26.0 Å². The van der Waals surface area contributed by atoms with Gasteiger partial charge in [0, 0.05) is 5.69 Å². The molecule has 1 aromatic rings. The van der Waals surface area contributed by atoms with Gasteiger partial charge in [-0.3, -0.25) is 4.79 Å². The third kappa shape index (κ3) is 4.62. The van der Waals surface area contributed by atoms with E-state index in [4.69, 9.17) is 4.74 Å². The van der Waals surface area contributed by atoms with Crippen LogP contribution in [0, 0.1) is 13.8 Å². The third-order valence-electron chi connectivity index (χ3n) is 3.62. The topological polar surface area (TPSA) is 50.4 Å². The number of hydrogen-bond donors (Lipinski definition) is 2. The van der Waals surface area contributed by atoms with Gasteiger partial charge in [0.05, 0.1) is 19.1 Å². The molecule has 0 radical (unpaired) electrons. The van der Waals surface area contributed by atoms with Crippen LogP contribution in [0.3, 0.4) is 0 Å². The lowest BCUT2D eigenvalue weighted by Gasteiger charge is -2.22. The lowest BCUT2D eigenvalue weighted by atomic mass is 10.1. The Morgan fingerprint density at radius 2 is 2.10 bits per heavy atom. The number of carbonyl (C=O) groups is 1. The van der Waals surface area contributed by atoms with Crippen molar-refractivity contribution < 1.29 is 9.53 Å². The zero-order valence-corrected chi connectivity index (χ0v) is 12.4. The summed E-state index contributed by atoms with van der Waals surface area (Å²) in [4.78, 5) is 11.9. The molecule has 0 aliphatic carbocycles. The summed E-state index contributed by atoms with van der Waals surface area (Å²) < 4.78 is 5.74. The molecule has 0 bridgehead atoms. The summed E-state index contributed by atoms with van der Waals surface area (Å²) in [5, 5.41) is 6.24. The quantitative estimate of drug-likeness (QED) is 0.868. The van der Waals surface area contributed by atoms with Crippen molar-refractivity contribution in [2.45, 2.75) is 39.2 Å². The van der Waals surface area contributed by atoms with Crippen molar-refractivity contribution in [1.82, 2.24) is 5.32 Å². The van der Waals surface area contributed by atoms with Crippen LogP contribution in [-0.2, 0) is 9.53 Å². The van der Waals surface area contributed by atoms with E-state index in [9.17, 15) is 4.79 Å². The second-order valence-electron chi connectivity index (χ2n) is 5.44. The molecule has 0 aromatic heterocycles. The summed E-state index contributed by atoms with van der Waals surface area (Å²) in [5.41, 5.74) is 3.19. The summed E-state index contributed by atoms with van der Waals surface area (Å²) >= 11 is 0. The zero-order valence-electron chi connectivity index (χ0n) is 12.4. The van der Waals surface area contributed by atoms with Crippen molar-refractivity contribution in [3.8, 4) is 0 Å². The minimum atomic E-state index is 0.0193. The molecule has 4 heteroatoms. The number of benzene rings is 1. The Hall–Kier alpha value is -1.39. The Balaban J connectivity index is 1.72. The highest BCUT2D eigenvalue weighted by atomic mass is 16.5. The number of amides is 1. The standard InChI is InChI=1S/C16H24N2O2/c1-12-3-4-15(13(2)11-12)18-16(19)7-10-20-14-5-8-17-9-6-14/h3-4,11,14,17H,5-10H2,1-2H3,(H,18,19). The maximum absolute atomic E-state index is 11.9. The van der Waals surface area contributed by atoms with Crippen molar-refractivity contribution in [3.05, 3.63) is 29.3 Å². The molecule has 1 aliphatic rings. The normalized spacial score (nSPS) is 16.1. The van der Waals surface area contributed by atoms with Crippen LogP contribution in [0.2, 0.25) is 0 Å². The molecule has 1 heterocycles. The summed E-state index contributed by atoms with van der Waals surface area (Å²) in [6, 6.07) is 6.03. The van der Waals surface area contributed by atoms with Gasteiger partial charge in [-0.1, -0.05) is 17.7 Å². The Morgan fingerprint density at radius 3 is 2.80 bits per heavy atom. The molecule has 0 spiro atoms. The smallest absolute Gasteiger partial charge is 0.226 e. The van der Waals surface area contributed by atoms with Crippen LogP contribution in [0.5, 0.6) is 0 Å². The third-order valence-corrected chi connectivity index (χ3v) is 3.62. The highest BCUT2D eigenvalue weighted by molar-refractivity contribution is 5.91. The number of anilines is 1. The molecule has 0 saturated carbocycles. The highest BCUT2D eigenvalue weighted by Crippen LogP contribution is 2.16. The first kappa shape index (κ1) is 15.0. The average molecular weight is 276 g/mol. The number of rotatable bonds is 5. The molecule has 1 aromatic carbocycles. The predicted molar refractivity (Wildman–Crippen MR) is 81.0 cm³/mol. The largest absolute Gasteiger partial charge is 0.378 e. The monoisotopic (exact) mass is 276 g/mol. The fourth-order valence-corrected chi connectivity index (χ4v) is 2.45. The van der Waals surface area contributed by atoms with Crippen LogP contribution in [0.25, 0.3) is 0 Å². The maximum Gasteiger partial charge on any atom is 0.226 e. The van der Waals surface area contributed by atoms with Gasteiger partial charge in [-0.25, -0.2) is 0 Å². The molecule has 0 atom stereocenters. The van der Waals surface area contributed by atoms with Crippen molar-refractivity contribution in [1.29, 1.82) is 0 Å². The first-order valence-corrected chi connectivity index (χ1v) is 7.34. The molecular formula is C16H24N2O2. The van der Waals surface area contributed by atoms with Gasteiger partial charge in [0.25, 0.3) is 0 Å². The SMILES string of the molecule is Cc1ccc(NC(=O)CCOC2CCNCC2)c(C)c1. The molecule has 1 amide bonds. The van der Waals surface area contributed by atoms with Crippen molar-refractivity contribution in [2.75, 3.05) is 25.0 Å². The van der Waals surface area contributed by atoms with Gasteiger partial charge in [-0.15, -0.1) is 0 Å². The van der Waals surface area contributed by atoms with Gasteiger partial charge in [0.1, 0.15) is 0 Å². The predicted octanol–water partition coefficient (Wildman–Crippen LogP) is 2.40. The van der Waals surface area contributed by atoms with E-state index in [-0.39, 0.29) is 5.91 Å². The molecule has 110 valence electrons. The molecule has 4 nitrogen and oxygen atoms in total. The number of piperidine rings is 1. The minimum Gasteiger partial charge on any atom is -0.378 e. The molecule has 1 fully saturated rings. The Kier molecular flexibility index (Phi) is 5.56. The van der Waals surface area contributed by atoms with E-state index in [2.05, 4.69) is 16.7 Å². The van der Waals surface area contributed by atoms with Crippen LogP contribution < -0.4 is 10.6 Å². The molecule has 0 unspecified atom stereocenters. The number of hydrogen-bond acceptors (Lipinski definition) is 3. The Bertz CT molecular complexity index is 454. The van der Waals surface area contributed by atoms with Crippen LogP contribution in [0.4, 0.5) is 5.69 Å². The van der Waals surface area contributed by atoms with Gasteiger partial charge in [0.2, 0.25) is 5.91 Å². The first-order valence-electron chi connectivity index (χ1n) is 7.34. The molecule has 20 heavy (non-hydrogen) atoms. The summed E-state index contributed by atoms with van der Waals surface area (Å²) in [6.45, 7) is 6.58. The average Bonchev–Trinajstić information content (AvgIpc) is 2.43. The van der Waals surface area contributed by atoms with Gasteiger partial charge < -0.3 is 15.4 Å². The fourth-order valence-electron chi connectivity index (χ4n) is 2.45. The number of aryl methyl sites for hydroxylation is 2.